The fourth-order valence-electron chi connectivity index (χ4n) is 0.913. The van der Waals surface area contributed by atoms with Crippen molar-refractivity contribution in [2.75, 3.05) is 0 Å². The zero-order valence-corrected chi connectivity index (χ0v) is 6.81. The van der Waals surface area contributed by atoms with Gasteiger partial charge in [0, 0.05) is 0 Å². The molecule has 0 aliphatic carbocycles. The molecular formula is C8H6F4O2. The van der Waals surface area contributed by atoms with Gasteiger partial charge < -0.3 is 9.84 Å². The van der Waals surface area contributed by atoms with Crippen molar-refractivity contribution in [1.29, 1.82) is 0 Å². The van der Waals surface area contributed by atoms with Crippen molar-refractivity contribution < 1.29 is 27.4 Å². The van der Waals surface area contributed by atoms with E-state index in [0.29, 0.717) is 0 Å². The molecule has 6 heteroatoms. The second kappa shape index (κ2) is 3.83. The summed E-state index contributed by atoms with van der Waals surface area (Å²) >= 11 is 0. The van der Waals surface area contributed by atoms with Crippen LogP contribution in [0, 0.1) is 5.82 Å². The zero-order chi connectivity index (χ0) is 10.8. The van der Waals surface area contributed by atoms with Crippen LogP contribution in [-0.2, 0) is 6.61 Å². The molecule has 0 aliphatic heterocycles. The molecule has 0 aromatic heterocycles. The van der Waals surface area contributed by atoms with Crippen molar-refractivity contribution >= 4 is 0 Å². The quantitative estimate of drug-likeness (QED) is 0.758. The van der Waals surface area contributed by atoms with Crippen LogP contribution in [0.25, 0.3) is 0 Å². The Kier molecular flexibility index (Phi) is 2.95. The molecule has 0 saturated carbocycles. The third-order valence-corrected chi connectivity index (χ3v) is 1.46. The van der Waals surface area contributed by atoms with Gasteiger partial charge in [-0.15, -0.1) is 13.2 Å². The van der Waals surface area contributed by atoms with Crippen molar-refractivity contribution in [3.63, 3.8) is 0 Å². The molecule has 0 heterocycles. The molecule has 0 unspecified atom stereocenters. The van der Waals surface area contributed by atoms with Gasteiger partial charge in [0.2, 0.25) is 0 Å². The summed E-state index contributed by atoms with van der Waals surface area (Å²) in [5.41, 5.74) is -0.509. The number of aliphatic hydroxyl groups excluding tert-OH is 1. The molecule has 0 aliphatic rings. The number of hydrogen-bond acceptors (Lipinski definition) is 2. The Morgan fingerprint density at radius 1 is 1.29 bits per heavy atom. The summed E-state index contributed by atoms with van der Waals surface area (Å²) in [5, 5.41) is 8.61. The lowest BCUT2D eigenvalue weighted by Gasteiger charge is -2.12. The fourth-order valence-corrected chi connectivity index (χ4v) is 0.913. The van der Waals surface area contributed by atoms with Gasteiger partial charge in [0.1, 0.15) is 11.6 Å². The molecule has 0 atom stereocenters. The lowest BCUT2D eigenvalue weighted by Crippen LogP contribution is -2.18. The molecule has 0 spiro atoms. The molecule has 2 nitrogen and oxygen atoms in total. The molecule has 14 heavy (non-hydrogen) atoms. The van der Waals surface area contributed by atoms with Crippen LogP contribution in [0.2, 0.25) is 0 Å². The van der Waals surface area contributed by atoms with Crippen LogP contribution < -0.4 is 4.74 Å². The highest BCUT2D eigenvalue weighted by Crippen LogP contribution is 2.27. The molecule has 1 aromatic carbocycles. The molecule has 1 N–H and O–H groups in total. The number of halogens is 4. The average Bonchev–Trinajstić information content (AvgIpc) is 2.01. The van der Waals surface area contributed by atoms with Crippen LogP contribution in [0.1, 0.15) is 5.56 Å². The van der Waals surface area contributed by atoms with Crippen molar-refractivity contribution in [3.05, 3.63) is 29.6 Å². The van der Waals surface area contributed by atoms with Gasteiger partial charge in [-0.1, -0.05) is 6.07 Å². The number of alkyl halides is 3. The third kappa shape index (κ3) is 2.59. The number of benzene rings is 1. The Labute approximate surface area is 76.7 Å². The highest BCUT2D eigenvalue weighted by molar-refractivity contribution is 5.34. The molecule has 1 aromatic rings. The summed E-state index contributed by atoms with van der Waals surface area (Å²) < 4.78 is 51.6. The van der Waals surface area contributed by atoms with E-state index in [1.54, 1.807) is 0 Å². The van der Waals surface area contributed by atoms with Gasteiger partial charge in [-0.3, -0.25) is 0 Å². The number of ether oxygens (including phenoxy) is 1. The maximum Gasteiger partial charge on any atom is 0.573 e. The predicted octanol–water partition coefficient (Wildman–Crippen LogP) is 2.22. The lowest BCUT2D eigenvalue weighted by molar-refractivity contribution is -0.275. The summed E-state index contributed by atoms with van der Waals surface area (Å²) in [7, 11) is 0. The first-order valence-corrected chi connectivity index (χ1v) is 3.58. The van der Waals surface area contributed by atoms with Crippen molar-refractivity contribution in [3.8, 4) is 5.75 Å². The topological polar surface area (TPSA) is 29.5 Å². The van der Waals surface area contributed by atoms with Crippen LogP contribution in [0.3, 0.4) is 0 Å². The molecular weight excluding hydrogens is 204 g/mol. The first-order valence-electron chi connectivity index (χ1n) is 3.58. The minimum atomic E-state index is -4.89. The van der Waals surface area contributed by atoms with Gasteiger partial charge in [0.15, 0.2) is 0 Å². The van der Waals surface area contributed by atoms with E-state index in [9.17, 15) is 17.6 Å². The summed E-state index contributed by atoms with van der Waals surface area (Å²) in [6.07, 6.45) is -4.89. The summed E-state index contributed by atoms with van der Waals surface area (Å²) in [6, 6.07) is 2.94. The highest BCUT2D eigenvalue weighted by atomic mass is 19.4. The van der Waals surface area contributed by atoms with Crippen LogP contribution >= 0.6 is 0 Å². The van der Waals surface area contributed by atoms with E-state index in [2.05, 4.69) is 4.74 Å². The van der Waals surface area contributed by atoms with Crippen molar-refractivity contribution in [2.24, 2.45) is 0 Å². The minimum absolute atomic E-state index is 0.509. The van der Waals surface area contributed by atoms with Crippen LogP contribution in [-0.4, -0.2) is 11.5 Å². The predicted molar refractivity (Wildman–Crippen MR) is 39.0 cm³/mol. The smallest absolute Gasteiger partial charge is 0.405 e. The van der Waals surface area contributed by atoms with Gasteiger partial charge in [-0.2, -0.15) is 0 Å². The van der Waals surface area contributed by atoms with Crippen LogP contribution in [0.5, 0.6) is 5.75 Å². The largest absolute Gasteiger partial charge is 0.573 e. The van der Waals surface area contributed by atoms with Crippen molar-refractivity contribution in [2.45, 2.75) is 13.0 Å². The Balaban J connectivity index is 3.02. The normalized spacial score (nSPS) is 11.5. The van der Waals surface area contributed by atoms with E-state index in [1.165, 1.54) is 0 Å². The molecule has 0 radical (unpaired) electrons. The van der Waals surface area contributed by atoms with Gasteiger partial charge >= 0.3 is 6.36 Å². The molecule has 1 rings (SSSR count). The van der Waals surface area contributed by atoms with E-state index >= 15 is 0 Å². The SMILES string of the molecule is OCc1c(F)cccc1OC(F)(F)F. The number of hydrogen-bond donors (Lipinski definition) is 1. The van der Waals surface area contributed by atoms with E-state index in [1.807, 2.05) is 0 Å². The fraction of sp³-hybridized carbons (Fsp3) is 0.250. The summed E-state index contributed by atoms with van der Waals surface area (Å²) in [4.78, 5) is 0. The second-order valence-electron chi connectivity index (χ2n) is 2.42. The molecule has 0 fully saturated rings. The molecule has 0 saturated heterocycles. The third-order valence-electron chi connectivity index (χ3n) is 1.46. The molecule has 0 bridgehead atoms. The number of aliphatic hydroxyl groups is 1. The molecule has 78 valence electrons. The molecule has 0 amide bonds. The summed E-state index contributed by atoms with van der Waals surface area (Å²) in [6.45, 7) is -0.849. The average molecular weight is 210 g/mol. The van der Waals surface area contributed by atoms with Crippen LogP contribution in [0.15, 0.2) is 18.2 Å². The second-order valence-corrected chi connectivity index (χ2v) is 2.42. The highest BCUT2D eigenvalue weighted by Gasteiger charge is 2.32. The first kappa shape index (κ1) is 10.8. The van der Waals surface area contributed by atoms with E-state index in [4.69, 9.17) is 5.11 Å². The Bertz CT molecular complexity index is 322. The van der Waals surface area contributed by atoms with Gasteiger partial charge in [0.05, 0.1) is 12.2 Å². The Hall–Kier alpha value is -1.30. The number of rotatable bonds is 2. The first-order chi connectivity index (χ1) is 6.44. The Morgan fingerprint density at radius 2 is 1.93 bits per heavy atom. The maximum atomic E-state index is 12.8. The van der Waals surface area contributed by atoms with Gasteiger partial charge in [0.25, 0.3) is 0 Å². The Morgan fingerprint density at radius 3 is 2.43 bits per heavy atom. The van der Waals surface area contributed by atoms with E-state index < -0.39 is 30.1 Å². The summed E-state index contributed by atoms with van der Waals surface area (Å²) in [5.74, 6) is -1.66. The van der Waals surface area contributed by atoms with Crippen molar-refractivity contribution in [1.82, 2.24) is 0 Å². The lowest BCUT2D eigenvalue weighted by atomic mass is 10.2. The minimum Gasteiger partial charge on any atom is -0.405 e. The zero-order valence-electron chi connectivity index (χ0n) is 6.81. The maximum absolute atomic E-state index is 12.8. The van der Waals surface area contributed by atoms with Gasteiger partial charge in [-0.25, -0.2) is 4.39 Å². The van der Waals surface area contributed by atoms with E-state index in [-0.39, 0.29) is 0 Å². The monoisotopic (exact) mass is 210 g/mol. The van der Waals surface area contributed by atoms with Gasteiger partial charge in [-0.05, 0) is 12.1 Å². The van der Waals surface area contributed by atoms with E-state index in [0.717, 1.165) is 18.2 Å². The standard InChI is InChI=1S/C8H6F4O2/c9-6-2-1-3-7(5(6)4-13)14-8(10,11)12/h1-3,13H,4H2. The van der Waals surface area contributed by atoms with Crippen LogP contribution in [0.4, 0.5) is 17.6 Å².